The summed E-state index contributed by atoms with van der Waals surface area (Å²) in [5, 5.41) is 22.5. The van der Waals surface area contributed by atoms with Crippen LogP contribution in [0.2, 0.25) is 5.02 Å². The number of aryl methyl sites for hydroxylation is 2. The maximum atomic E-state index is 13.5. The average molecular weight is 943 g/mol. The molecule has 15 nitrogen and oxygen atoms in total. The summed E-state index contributed by atoms with van der Waals surface area (Å²) in [6, 6.07) is 12.0. The normalized spacial score (nSPS) is 13.4. The SMILES string of the molecule is Cc1sc2c(c1C)C(c1ccc(Cl)cc1)=N[C@@H](CC(=O)NCCOCCNC(=O)c1cc(SCOC(=O)C(C)(C)C)c3ncc(C(=O)NCCc4nccs4)cc3c1)c1nnc(C)n1-2. The zero-order valence-electron chi connectivity index (χ0n) is 36.2. The molecule has 2 aromatic carbocycles. The van der Waals surface area contributed by atoms with Crippen LogP contribution in [0.25, 0.3) is 15.9 Å². The number of thiophene rings is 1. The van der Waals surface area contributed by atoms with Crippen molar-refractivity contribution in [3.8, 4) is 5.00 Å². The lowest BCUT2D eigenvalue weighted by atomic mass is 9.98. The summed E-state index contributed by atoms with van der Waals surface area (Å²) in [6.07, 6.45) is 3.86. The number of amides is 3. The zero-order chi connectivity index (χ0) is 45.5. The summed E-state index contributed by atoms with van der Waals surface area (Å²) in [5.41, 5.74) is 4.30. The number of fused-ring (bicyclic) bond motifs is 4. The van der Waals surface area contributed by atoms with E-state index in [2.05, 4.69) is 50.0 Å². The van der Waals surface area contributed by atoms with E-state index in [-0.39, 0.29) is 62.4 Å². The van der Waals surface area contributed by atoms with E-state index in [1.54, 1.807) is 56.5 Å². The number of nitrogens with zero attached hydrogens (tertiary/aromatic N) is 6. The van der Waals surface area contributed by atoms with Crippen molar-refractivity contribution in [2.24, 2.45) is 10.4 Å². The van der Waals surface area contributed by atoms with Crippen LogP contribution in [-0.2, 0) is 25.5 Å². The number of carbonyl (C=O) groups is 4. The van der Waals surface area contributed by atoms with E-state index >= 15 is 0 Å². The molecule has 0 fully saturated rings. The van der Waals surface area contributed by atoms with Crippen LogP contribution in [-0.4, -0.2) is 92.9 Å². The van der Waals surface area contributed by atoms with Crippen LogP contribution in [0.1, 0.15) is 92.2 Å². The summed E-state index contributed by atoms with van der Waals surface area (Å²) in [7, 11) is 0. The predicted molar refractivity (Wildman–Crippen MR) is 250 cm³/mol. The first-order chi connectivity index (χ1) is 30.7. The van der Waals surface area contributed by atoms with Crippen LogP contribution in [0.5, 0.6) is 0 Å². The van der Waals surface area contributed by atoms with Crippen LogP contribution < -0.4 is 16.0 Å². The first-order valence-electron chi connectivity index (χ1n) is 20.6. The summed E-state index contributed by atoms with van der Waals surface area (Å²) in [4.78, 5) is 68.1. The number of thiazole rings is 1. The number of rotatable bonds is 17. The van der Waals surface area contributed by atoms with Gasteiger partial charge in [0.2, 0.25) is 5.91 Å². The van der Waals surface area contributed by atoms with Gasteiger partial charge in [0.25, 0.3) is 11.8 Å². The topological polar surface area (TPSA) is 192 Å². The zero-order valence-corrected chi connectivity index (χ0v) is 39.4. The highest BCUT2D eigenvalue weighted by atomic mass is 35.5. The Labute approximate surface area is 387 Å². The van der Waals surface area contributed by atoms with Crippen molar-refractivity contribution >= 4 is 86.3 Å². The lowest BCUT2D eigenvalue weighted by Crippen LogP contribution is -2.31. The highest BCUT2D eigenvalue weighted by molar-refractivity contribution is 7.99. The molecule has 1 atom stereocenters. The number of ether oxygens (including phenoxy) is 2. The molecule has 7 rings (SSSR count). The van der Waals surface area contributed by atoms with E-state index in [1.165, 1.54) is 29.3 Å². The van der Waals surface area contributed by atoms with Gasteiger partial charge in [-0.05, 0) is 77.4 Å². The molecule has 1 aliphatic heterocycles. The number of aromatic nitrogens is 5. The second-order valence-corrected chi connectivity index (χ2v) is 19.6. The van der Waals surface area contributed by atoms with E-state index in [4.69, 9.17) is 26.1 Å². The van der Waals surface area contributed by atoms with Gasteiger partial charge < -0.3 is 25.4 Å². The van der Waals surface area contributed by atoms with Gasteiger partial charge in [-0.1, -0.05) is 35.5 Å². The number of halogens is 1. The summed E-state index contributed by atoms with van der Waals surface area (Å²) in [5.74, 6) is 0.0582. The Hall–Kier alpha value is -5.53. The number of thioether (sulfide) groups is 1. The number of nitrogens with one attached hydrogen (secondary N) is 3. The molecule has 0 saturated carbocycles. The van der Waals surface area contributed by atoms with E-state index in [0.29, 0.717) is 56.6 Å². The Bertz CT molecular complexity index is 2710. The first-order valence-corrected chi connectivity index (χ1v) is 23.6. The molecule has 19 heteroatoms. The monoisotopic (exact) mass is 941 g/mol. The van der Waals surface area contributed by atoms with Gasteiger partial charge in [0.15, 0.2) is 5.82 Å². The molecule has 6 aromatic rings. The number of hydrogen-bond donors (Lipinski definition) is 3. The third kappa shape index (κ3) is 11.0. The predicted octanol–water partition coefficient (Wildman–Crippen LogP) is 7.37. The van der Waals surface area contributed by atoms with Crippen LogP contribution in [0.15, 0.2) is 70.1 Å². The lowest BCUT2D eigenvalue weighted by Gasteiger charge is -2.16. The van der Waals surface area contributed by atoms with Crippen LogP contribution in [0.3, 0.4) is 0 Å². The fourth-order valence-electron chi connectivity index (χ4n) is 6.79. The second kappa shape index (κ2) is 20.5. The average Bonchev–Trinajstić information content (AvgIpc) is 3.98. The van der Waals surface area contributed by atoms with Gasteiger partial charge in [-0.25, -0.2) is 4.98 Å². The standard InChI is InChI=1S/C45H48ClN9O6S3/c1-25-26(2)64-43-37(25)39(28-7-9-32(46)10-8-28)52-33(40-54-53-27(3)55(40)43)22-35(56)47-13-16-60-17-14-50-41(57)30-19-29-20-31(42(58)49-12-11-36-48-15-18-62-36)23-51-38(29)34(21-30)63-24-61-44(59)45(4,5)6/h7-10,15,18-21,23,33H,11-14,16-17,22,24H2,1-6H3,(H,47,56)(H,49,58)(H,50,57)/t33-/m0/s1. The Kier molecular flexibility index (Phi) is 14.9. The van der Waals surface area contributed by atoms with Crippen LogP contribution in [0.4, 0.5) is 0 Å². The number of aliphatic imine (C=N–C) groups is 1. The third-order valence-electron chi connectivity index (χ3n) is 10.2. The van der Waals surface area contributed by atoms with Crippen molar-refractivity contribution in [3.63, 3.8) is 0 Å². The van der Waals surface area contributed by atoms with E-state index < -0.39 is 11.5 Å². The van der Waals surface area contributed by atoms with Crippen molar-refractivity contribution in [2.45, 2.75) is 65.3 Å². The molecule has 3 amide bonds. The minimum atomic E-state index is -0.679. The Morgan fingerprint density at radius 1 is 0.906 bits per heavy atom. The van der Waals surface area contributed by atoms with Gasteiger partial charge in [0.1, 0.15) is 22.8 Å². The van der Waals surface area contributed by atoms with Crippen molar-refractivity contribution in [3.05, 3.63) is 115 Å². The molecule has 64 heavy (non-hydrogen) atoms. The molecular formula is C45H48ClN9O6S3. The van der Waals surface area contributed by atoms with Gasteiger partial charge in [0, 0.05) is 80.7 Å². The van der Waals surface area contributed by atoms with E-state index in [1.807, 2.05) is 41.1 Å². The molecule has 1 aliphatic rings. The molecule has 3 N–H and O–H groups in total. The van der Waals surface area contributed by atoms with Gasteiger partial charge in [0.05, 0.1) is 46.8 Å². The quantitative estimate of drug-likeness (QED) is 0.0358. The molecule has 0 saturated heterocycles. The highest BCUT2D eigenvalue weighted by Crippen LogP contribution is 2.39. The van der Waals surface area contributed by atoms with Crippen LogP contribution >= 0.6 is 46.0 Å². The Balaban J connectivity index is 0.945. The number of pyridine rings is 1. The fraction of sp³-hybridized carbons (Fsp3) is 0.356. The number of carbonyl (C=O) groups excluding carboxylic acids is 4. The molecule has 0 bridgehead atoms. The molecule has 4 aromatic heterocycles. The van der Waals surface area contributed by atoms with Gasteiger partial charge in [-0.2, -0.15) is 0 Å². The third-order valence-corrected chi connectivity index (χ3v) is 13.4. The van der Waals surface area contributed by atoms with Gasteiger partial charge in [-0.3, -0.25) is 33.7 Å². The Morgan fingerprint density at radius 3 is 2.36 bits per heavy atom. The highest BCUT2D eigenvalue weighted by Gasteiger charge is 2.32. The van der Waals surface area contributed by atoms with Gasteiger partial charge in [-0.15, -0.1) is 32.9 Å². The largest absolute Gasteiger partial charge is 0.454 e. The molecule has 334 valence electrons. The van der Waals surface area contributed by atoms with Crippen molar-refractivity contribution in [1.29, 1.82) is 0 Å². The van der Waals surface area contributed by atoms with Crippen LogP contribution in [0, 0.1) is 26.2 Å². The number of hydrogen-bond acceptors (Lipinski definition) is 14. The maximum Gasteiger partial charge on any atom is 0.312 e. The smallest absolute Gasteiger partial charge is 0.312 e. The summed E-state index contributed by atoms with van der Waals surface area (Å²) >= 11 is 10.6. The fourth-order valence-corrected chi connectivity index (χ4v) is 9.56. The maximum absolute atomic E-state index is 13.5. The first kappa shape index (κ1) is 46.5. The van der Waals surface area contributed by atoms with Gasteiger partial charge >= 0.3 is 5.97 Å². The number of esters is 1. The van der Waals surface area contributed by atoms with Crippen molar-refractivity contribution < 1.29 is 28.7 Å². The van der Waals surface area contributed by atoms with E-state index in [9.17, 15) is 19.2 Å². The van der Waals surface area contributed by atoms with E-state index in [0.717, 1.165) is 37.3 Å². The Morgan fingerprint density at radius 2 is 1.62 bits per heavy atom. The van der Waals surface area contributed by atoms with Crippen molar-refractivity contribution in [2.75, 3.05) is 38.8 Å². The minimum absolute atomic E-state index is 0.0101. The number of benzene rings is 2. The molecular weight excluding hydrogens is 894 g/mol. The molecule has 0 aliphatic carbocycles. The lowest BCUT2D eigenvalue weighted by molar-refractivity contribution is -0.150. The minimum Gasteiger partial charge on any atom is -0.454 e. The molecule has 0 spiro atoms. The summed E-state index contributed by atoms with van der Waals surface area (Å²) < 4.78 is 13.3. The molecule has 0 radical (unpaired) electrons. The molecule has 0 unspecified atom stereocenters. The second-order valence-electron chi connectivity index (χ2n) is 16.0. The summed E-state index contributed by atoms with van der Waals surface area (Å²) in [6.45, 7) is 12.6. The molecule has 5 heterocycles. The van der Waals surface area contributed by atoms with Crippen molar-refractivity contribution in [1.82, 2.24) is 40.7 Å².